The molecule has 4 atom stereocenters. The van der Waals surface area contributed by atoms with Crippen molar-refractivity contribution in [3.05, 3.63) is 58.1 Å². The number of nitrogens with two attached hydrogens (primary N) is 1. The Morgan fingerprint density at radius 1 is 1.21 bits per heavy atom. The van der Waals surface area contributed by atoms with E-state index in [1.54, 1.807) is 0 Å². The molecule has 8 nitrogen and oxygen atoms in total. The van der Waals surface area contributed by atoms with Crippen LogP contribution in [0.3, 0.4) is 0 Å². The summed E-state index contributed by atoms with van der Waals surface area (Å²) in [6.07, 6.45) is -2.82. The van der Waals surface area contributed by atoms with E-state index in [9.17, 15) is 15.0 Å². The summed E-state index contributed by atoms with van der Waals surface area (Å²) in [7, 11) is 0. The average Bonchev–Trinajstić information content (AvgIpc) is 2.86. The van der Waals surface area contributed by atoms with Crippen LogP contribution in [0.25, 0.3) is 0 Å². The molecule has 128 valence electrons. The SMILES string of the molecule is Nc1nc(=O)n([C@@H]2O[C@H](CO)[C@@H](O)[C@@H]2O)cc1Cc1ccccc1. The van der Waals surface area contributed by atoms with Gasteiger partial charge in [-0.15, -0.1) is 0 Å². The van der Waals surface area contributed by atoms with Gasteiger partial charge in [-0.05, 0) is 5.56 Å². The number of aliphatic hydroxyl groups excluding tert-OH is 3. The van der Waals surface area contributed by atoms with Gasteiger partial charge in [-0.2, -0.15) is 4.98 Å². The smallest absolute Gasteiger partial charge is 0.351 e. The Morgan fingerprint density at radius 3 is 2.54 bits per heavy atom. The Labute approximate surface area is 137 Å². The van der Waals surface area contributed by atoms with Crippen molar-refractivity contribution in [2.24, 2.45) is 0 Å². The fourth-order valence-corrected chi connectivity index (χ4v) is 2.77. The molecule has 2 heterocycles. The van der Waals surface area contributed by atoms with Crippen LogP contribution in [0, 0.1) is 0 Å². The van der Waals surface area contributed by atoms with E-state index in [0.29, 0.717) is 12.0 Å². The number of hydrogen-bond acceptors (Lipinski definition) is 7. The van der Waals surface area contributed by atoms with Crippen LogP contribution in [-0.4, -0.2) is 49.8 Å². The van der Waals surface area contributed by atoms with Crippen LogP contribution >= 0.6 is 0 Å². The van der Waals surface area contributed by atoms with Gasteiger partial charge in [0.25, 0.3) is 0 Å². The van der Waals surface area contributed by atoms with E-state index in [1.807, 2.05) is 30.3 Å². The van der Waals surface area contributed by atoms with E-state index in [4.69, 9.17) is 15.6 Å². The minimum Gasteiger partial charge on any atom is -0.394 e. The first-order valence-corrected chi connectivity index (χ1v) is 7.55. The summed E-state index contributed by atoms with van der Waals surface area (Å²) < 4.78 is 6.47. The van der Waals surface area contributed by atoms with Crippen molar-refractivity contribution in [1.82, 2.24) is 9.55 Å². The molecule has 5 N–H and O–H groups in total. The second-order valence-corrected chi connectivity index (χ2v) is 5.73. The predicted molar refractivity (Wildman–Crippen MR) is 85.2 cm³/mol. The highest BCUT2D eigenvalue weighted by Crippen LogP contribution is 2.28. The van der Waals surface area contributed by atoms with Crippen LogP contribution in [0.1, 0.15) is 17.4 Å². The second kappa shape index (κ2) is 6.70. The van der Waals surface area contributed by atoms with E-state index in [-0.39, 0.29) is 5.82 Å². The molecule has 1 fully saturated rings. The van der Waals surface area contributed by atoms with Crippen molar-refractivity contribution in [3.63, 3.8) is 0 Å². The second-order valence-electron chi connectivity index (χ2n) is 5.73. The molecule has 0 bridgehead atoms. The average molecular weight is 333 g/mol. The van der Waals surface area contributed by atoms with Gasteiger partial charge >= 0.3 is 5.69 Å². The maximum Gasteiger partial charge on any atom is 0.351 e. The molecule has 0 spiro atoms. The molecule has 1 aromatic heterocycles. The molecular formula is C16H19N3O5. The molecular weight excluding hydrogens is 314 g/mol. The summed E-state index contributed by atoms with van der Waals surface area (Å²) in [6, 6.07) is 9.51. The van der Waals surface area contributed by atoms with Crippen LogP contribution in [0.2, 0.25) is 0 Å². The summed E-state index contributed by atoms with van der Waals surface area (Å²) in [6.45, 7) is -0.469. The van der Waals surface area contributed by atoms with Crippen LogP contribution in [0.15, 0.2) is 41.3 Å². The summed E-state index contributed by atoms with van der Waals surface area (Å²) in [5.74, 6) is 0.104. The van der Waals surface area contributed by atoms with Gasteiger partial charge in [0.05, 0.1) is 6.61 Å². The highest BCUT2D eigenvalue weighted by atomic mass is 16.6. The van der Waals surface area contributed by atoms with Crippen molar-refractivity contribution >= 4 is 5.82 Å². The van der Waals surface area contributed by atoms with Gasteiger partial charge in [0.2, 0.25) is 0 Å². The summed E-state index contributed by atoms with van der Waals surface area (Å²) in [4.78, 5) is 15.9. The van der Waals surface area contributed by atoms with Gasteiger partial charge in [-0.3, -0.25) is 4.57 Å². The number of nitrogens with zero attached hydrogens (tertiary/aromatic N) is 2. The molecule has 24 heavy (non-hydrogen) atoms. The molecule has 0 saturated carbocycles. The lowest BCUT2D eigenvalue weighted by Crippen LogP contribution is -2.36. The maximum absolute atomic E-state index is 12.1. The van der Waals surface area contributed by atoms with Crippen LogP contribution in [0.5, 0.6) is 0 Å². The zero-order valence-corrected chi connectivity index (χ0v) is 12.8. The molecule has 0 amide bonds. The molecule has 1 aliphatic heterocycles. The Bertz CT molecular complexity index is 764. The number of hydrogen-bond donors (Lipinski definition) is 4. The summed E-state index contributed by atoms with van der Waals surface area (Å²) in [5, 5.41) is 29.1. The molecule has 0 radical (unpaired) electrons. The lowest BCUT2D eigenvalue weighted by molar-refractivity contribution is -0.0550. The van der Waals surface area contributed by atoms with E-state index < -0.39 is 36.8 Å². The third-order valence-electron chi connectivity index (χ3n) is 4.09. The summed E-state index contributed by atoms with van der Waals surface area (Å²) in [5.41, 5.74) is 6.72. The first-order valence-electron chi connectivity index (χ1n) is 7.55. The van der Waals surface area contributed by atoms with Crippen molar-refractivity contribution < 1.29 is 20.1 Å². The minimum atomic E-state index is -1.35. The Balaban J connectivity index is 1.94. The third-order valence-corrected chi connectivity index (χ3v) is 4.09. The maximum atomic E-state index is 12.1. The van der Waals surface area contributed by atoms with E-state index in [2.05, 4.69) is 4.98 Å². The monoisotopic (exact) mass is 333 g/mol. The zero-order chi connectivity index (χ0) is 17.3. The fraction of sp³-hybridized carbons (Fsp3) is 0.375. The van der Waals surface area contributed by atoms with Gasteiger partial charge in [-0.1, -0.05) is 30.3 Å². The van der Waals surface area contributed by atoms with Crippen LogP contribution in [0.4, 0.5) is 5.82 Å². The van der Waals surface area contributed by atoms with E-state index in [1.165, 1.54) is 6.20 Å². The van der Waals surface area contributed by atoms with Gasteiger partial charge < -0.3 is 25.8 Å². The largest absolute Gasteiger partial charge is 0.394 e. The zero-order valence-electron chi connectivity index (χ0n) is 12.8. The highest BCUT2D eigenvalue weighted by molar-refractivity contribution is 5.40. The molecule has 1 aromatic carbocycles. The number of ether oxygens (including phenoxy) is 1. The fourth-order valence-electron chi connectivity index (χ4n) is 2.77. The quantitative estimate of drug-likeness (QED) is 0.566. The van der Waals surface area contributed by atoms with Gasteiger partial charge in [0.1, 0.15) is 24.1 Å². The minimum absolute atomic E-state index is 0.104. The van der Waals surface area contributed by atoms with Crippen molar-refractivity contribution in [2.75, 3.05) is 12.3 Å². The number of benzene rings is 1. The first-order chi connectivity index (χ1) is 11.5. The van der Waals surface area contributed by atoms with Crippen LogP contribution < -0.4 is 11.4 Å². The van der Waals surface area contributed by atoms with Gasteiger partial charge in [-0.25, -0.2) is 4.79 Å². The molecule has 0 aliphatic carbocycles. The highest BCUT2D eigenvalue weighted by Gasteiger charge is 2.43. The lowest BCUT2D eigenvalue weighted by Gasteiger charge is -2.18. The molecule has 1 saturated heterocycles. The number of nitrogen functional groups attached to an aromatic ring is 1. The van der Waals surface area contributed by atoms with Gasteiger partial charge in [0.15, 0.2) is 6.23 Å². The standard InChI is InChI=1S/C16H19N3O5/c17-14-10(6-9-4-2-1-3-5-9)7-19(16(23)18-14)15-13(22)12(21)11(8-20)24-15/h1-5,7,11-13,15,20-22H,6,8H2,(H2,17,18,23)/t11-,12-,13+,15-/m1/s1. The first kappa shape index (κ1) is 16.6. The predicted octanol–water partition coefficient (Wildman–Crippen LogP) is -0.972. The van der Waals surface area contributed by atoms with E-state index in [0.717, 1.165) is 10.1 Å². The van der Waals surface area contributed by atoms with Crippen molar-refractivity contribution in [2.45, 2.75) is 31.0 Å². The molecule has 8 heteroatoms. The number of aliphatic hydroxyl groups is 3. The van der Waals surface area contributed by atoms with E-state index >= 15 is 0 Å². The molecule has 3 rings (SSSR count). The van der Waals surface area contributed by atoms with Crippen molar-refractivity contribution in [3.8, 4) is 0 Å². The number of anilines is 1. The summed E-state index contributed by atoms with van der Waals surface area (Å²) >= 11 is 0. The Hall–Kier alpha value is -2.26. The Morgan fingerprint density at radius 2 is 1.92 bits per heavy atom. The molecule has 2 aromatic rings. The lowest BCUT2D eigenvalue weighted by atomic mass is 10.1. The normalized spacial score (nSPS) is 26.6. The van der Waals surface area contributed by atoms with Gasteiger partial charge in [0, 0.05) is 18.2 Å². The molecule has 0 unspecified atom stereocenters. The van der Waals surface area contributed by atoms with Crippen LogP contribution in [-0.2, 0) is 11.2 Å². The topological polar surface area (TPSA) is 131 Å². The number of rotatable bonds is 4. The molecule has 1 aliphatic rings. The Kier molecular flexibility index (Phi) is 4.63. The van der Waals surface area contributed by atoms with Crippen molar-refractivity contribution in [1.29, 1.82) is 0 Å². The third kappa shape index (κ3) is 3.04. The number of aromatic nitrogens is 2.